The van der Waals surface area contributed by atoms with Crippen LogP contribution in [0.2, 0.25) is 0 Å². The molecule has 0 bridgehead atoms. The van der Waals surface area contributed by atoms with Gasteiger partial charge in [0.1, 0.15) is 6.04 Å². The SMILES string of the molecule is CNC(=O)[C@@H]1C[C@@H](N)CN1C(=O)CSc1nc(C)cs1. The number of nitrogens with zero attached hydrogens (tertiary/aromatic N) is 2. The number of nitrogens with two attached hydrogens (primary N) is 1. The third-order valence-electron chi connectivity index (χ3n) is 3.12. The van der Waals surface area contributed by atoms with E-state index in [0.29, 0.717) is 13.0 Å². The highest BCUT2D eigenvalue weighted by Gasteiger charge is 2.37. The number of aryl methyl sites for hydroxylation is 1. The van der Waals surface area contributed by atoms with Gasteiger partial charge >= 0.3 is 0 Å². The summed E-state index contributed by atoms with van der Waals surface area (Å²) in [6, 6.07) is -0.575. The second-order valence-electron chi connectivity index (χ2n) is 4.72. The summed E-state index contributed by atoms with van der Waals surface area (Å²) in [5.74, 6) is 0.0680. The average Bonchev–Trinajstić information content (AvgIpc) is 3.01. The zero-order valence-corrected chi connectivity index (χ0v) is 13.1. The molecular formula is C12H18N4O2S2. The summed E-state index contributed by atoms with van der Waals surface area (Å²) >= 11 is 2.93. The molecule has 3 N–H and O–H groups in total. The van der Waals surface area contributed by atoms with Crippen molar-refractivity contribution in [3.63, 3.8) is 0 Å². The maximum atomic E-state index is 12.2. The molecule has 0 unspecified atom stereocenters. The number of likely N-dealkylation sites (N-methyl/N-ethyl adjacent to an activating group) is 1. The van der Waals surface area contributed by atoms with E-state index in [2.05, 4.69) is 10.3 Å². The van der Waals surface area contributed by atoms with Crippen LogP contribution in [0.25, 0.3) is 0 Å². The van der Waals surface area contributed by atoms with Crippen LogP contribution in [0.15, 0.2) is 9.72 Å². The van der Waals surface area contributed by atoms with Gasteiger partial charge in [-0.1, -0.05) is 11.8 Å². The van der Waals surface area contributed by atoms with Gasteiger partial charge < -0.3 is 16.0 Å². The van der Waals surface area contributed by atoms with Crippen molar-refractivity contribution < 1.29 is 9.59 Å². The Morgan fingerprint density at radius 3 is 3.00 bits per heavy atom. The van der Waals surface area contributed by atoms with Gasteiger partial charge in [0.15, 0.2) is 4.34 Å². The fraction of sp³-hybridized carbons (Fsp3) is 0.583. The molecule has 1 saturated heterocycles. The van der Waals surface area contributed by atoms with Gasteiger partial charge in [-0.25, -0.2) is 4.98 Å². The Bertz CT molecular complexity index is 505. The van der Waals surface area contributed by atoms with Gasteiger partial charge in [0.05, 0.1) is 5.75 Å². The normalized spacial score (nSPS) is 22.1. The van der Waals surface area contributed by atoms with Crippen molar-refractivity contribution in [2.45, 2.75) is 29.8 Å². The Morgan fingerprint density at radius 2 is 2.40 bits per heavy atom. The fourth-order valence-corrected chi connectivity index (χ4v) is 3.90. The molecule has 1 fully saturated rings. The van der Waals surface area contributed by atoms with Gasteiger partial charge in [0.25, 0.3) is 0 Å². The van der Waals surface area contributed by atoms with Crippen LogP contribution in [0.4, 0.5) is 0 Å². The maximum Gasteiger partial charge on any atom is 0.242 e. The topological polar surface area (TPSA) is 88.3 Å². The highest BCUT2D eigenvalue weighted by Crippen LogP contribution is 2.24. The summed E-state index contributed by atoms with van der Waals surface area (Å²) in [5, 5.41) is 4.53. The lowest BCUT2D eigenvalue weighted by molar-refractivity contribution is -0.136. The molecule has 2 amide bonds. The van der Waals surface area contributed by atoms with E-state index in [9.17, 15) is 9.59 Å². The molecule has 0 saturated carbocycles. The predicted molar refractivity (Wildman–Crippen MR) is 79.7 cm³/mol. The summed E-state index contributed by atoms with van der Waals surface area (Å²) < 4.78 is 0.871. The molecule has 1 aromatic rings. The van der Waals surface area contributed by atoms with Crippen molar-refractivity contribution in [1.82, 2.24) is 15.2 Å². The standard InChI is InChI=1S/C12H18N4O2S2/c1-7-5-19-12(15-7)20-6-10(17)16-4-8(13)3-9(16)11(18)14-2/h5,8-9H,3-4,6,13H2,1-2H3,(H,14,18)/t8-,9+/m1/s1. The number of thiazole rings is 1. The van der Waals surface area contributed by atoms with Crippen molar-refractivity contribution in [1.29, 1.82) is 0 Å². The molecule has 20 heavy (non-hydrogen) atoms. The van der Waals surface area contributed by atoms with Crippen molar-refractivity contribution in [3.05, 3.63) is 11.1 Å². The van der Waals surface area contributed by atoms with Crippen molar-refractivity contribution in [2.24, 2.45) is 5.73 Å². The molecule has 2 heterocycles. The Labute approximate surface area is 126 Å². The molecule has 0 aromatic carbocycles. The number of aromatic nitrogens is 1. The lowest BCUT2D eigenvalue weighted by Gasteiger charge is -2.22. The van der Waals surface area contributed by atoms with Crippen molar-refractivity contribution in [3.8, 4) is 0 Å². The molecule has 2 rings (SSSR count). The van der Waals surface area contributed by atoms with E-state index < -0.39 is 6.04 Å². The summed E-state index contributed by atoms with van der Waals surface area (Å²) in [6.07, 6.45) is 0.520. The van der Waals surface area contributed by atoms with Crippen LogP contribution in [0.3, 0.4) is 0 Å². The molecule has 1 aromatic heterocycles. The minimum Gasteiger partial charge on any atom is -0.357 e. The van der Waals surface area contributed by atoms with E-state index in [1.54, 1.807) is 11.9 Å². The van der Waals surface area contributed by atoms with Gasteiger partial charge in [-0.3, -0.25) is 9.59 Å². The van der Waals surface area contributed by atoms with Gasteiger partial charge in [-0.2, -0.15) is 0 Å². The third kappa shape index (κ3) is 3.50. The predicted octanol–water partition coefficient (Wildman–Crippen LogP) is 0.218. The van der Waals surface area contributed by atoms with E-state index in [0.717, 1.165) is 10.0 Å². The highest BCUT2D eigenvalue weighted by molar-refractivity contribution is 8.01. The van der Waals surface area contributed by atoms with E-state index in [1.165, 1.54) is 23.1 Å². The fourth-order valence-electron chi connectivity index (χ4n) is 2.16. The van der Waals surface area contributed by atoms with Crippen LogP contribution < -0.4 is 11.1 Å². The molecule has 0 aliphatic carbocycles. The first-order valence-electron chi connectivity index (χ1n) is 6.33. The minimum absolute atomic E-state index is 0.0654. The number of hydrogen-bond acceptors (Lipinski definition) is 6. The maximum absolute atomic E-state index is 12.2. The van der Waals surface area contributed by atoms with Gasteiger partial charge in [0, 0.05) is 30.7 Å². The number of carbonyl (C=O) groups is 2. The van der Waals surface area contributed by atoms with Crippen LogP contribution >= 0.6 is 23.1 Å². The second kappa shape index (κ2) is 6.55. The zero-order valence-electron chi connectivity index (χ0n) is 11.5. The number of rotatable bonds is 4. The molecule has 0 radical (unpaired) electrons. The molecule has 8 heteroatoms. The first-order chi connectivity index (χ1) is 9.51. The molecule has 6 nitrogen and oxygen atoms in total. The van der Waals surface area contributed by atoms with E-state index >= 15 is 0 Å². The van der Waals surface area contributed by atoms with Crippen molar-refractivity contribution >= 4 is 34.9 Å². The first kappa shape index (κ1) is 15.3. The smallest absolute Gasteiger partial charge is 0.242 e. The third-order valence-corrected chi connectivity index (χ3v) is 5.24. The Kier molecular flexibility index (Phi) is 5.00. The summed E-state index contributed by atoms with van der Waals surface area (Å²) in [4.78, 5) is 29.9. The summed E-state index contributed by atoms with van der Waals surface area (Å²) in [5.41, 5.74) is 6.82. The Balaban J connectivity index is 1.95. The number of nitrogens with one attached hydrogen (secondary N) is 1. The molecular weight excluding hydrogens is 296 g/mol. The summed E-state index contributed by atoms with van der Waals surface area (Å²) in [6.45, 7) is 2.36. The molecule has 1 aliphatic heterocycles. The summed E-state index contributed by atoms with van der Waals surface area (Å²) in [7, 11) is 1.57. The van der Waals surface area contributed by atoms with E-state index in [-0.39, 0.29) is 23.6 Å². The number of likely N-dealkylation sites (tertiary alicyclic amines) is 1. The lowest BCUT2D eigenvalue weighted by atomic mass is 10.1. The van der Waals surface area contributed by atoms with Crippen molar-refractivity contribution in [2.75, 3.05) is 19.3 Å². The van der Waals surface area contributed by atoms with Gasteiger partial charge in [-0.15, -0.1) is 11.3 Å². The number of amides is 2. The van der Waals surface area contributed by atoms with E-state index in [1.807, 2.05) is 12.3 Å². The first-order valence-corrected chi connectivity index (χ1v) is 8.19. The van der Waals surface area contributed by atoms with Crippen LogP contribution in [0.5, 0.6) is 0 Å². The lowest BCUT2D eigenvalue weighted by Crippen LogP contribution is -2.45. The van der Waals surface area contributed by atoms with Gasteiger partial charge in [0.2, 0.25) is 11.8 Å². The Morgan fingerprint density at radius 1 is 1.65 bits per heavy atom. The molecule has 1 aliphatic rings. The largest absolute Gasteiger partial charge is 0.357 e. The molecule has 110 valence electrons. The quantitative estimate of drug-likeness (QED) is 0.776. The minimum atomic E-state index is -0.443. The molecule has 2 atom stereocenters. The van der Waals surface area contributed by atoms with Gasteiger partial charge in [-0.05, 0) is 13.3 Å². The Hall–Kier alpha value is -1.12. The number of carbonyl (C=O) groups excluding carboxylic acids is 2. The number of thioether (sulfide) groups is 1. The second-order valence-corrected chi connectivity index (χ2v) is 6.80. The monoisotopic (exact) mass is 314 g/mol. The average molecular weight is 314 g/mol. The van der Waals surface area contributed by atoms with Crippen LogP contribution in [0, 0.1) is 6.92 Å². The van der Waals surface area contributed by atoms with Crippen LogP contribution in [-0.2, 0) is 9.59 Å². The molecule has 0 spiro atoms. The number of hydrogen-bond donors (Lipinski definition) is 2. The van der Waals surface area contributed by atoms with Crippen LogP contribution in [0.1, 0.15) is 12.1 Å². The van der Waals surface area contributed by atoms with E-state index in [4.69, 9.17) is 5.73 Å². The zero-order chi connectivity index (χ0) is 14.7. The highest BCUT2D eigenvalue weighted by atomic mass is 32.2. The van der Waals surface area contributed by atoms with Crippen LogP contribution in [-0.4, -0.2) is 53.1 Å².